The van der Waals surface area contributed by atoms with Crippen molar-refractivity contribution in [3.05, 3.63) is 23.2 Å². The first-order valence-corrected chi connectivity index (χ1v) is 6.32. The van der Waals surface area contributed by atoms with E-state index >= 15 is 0 Å². The minimum absolute atomic E-state index is 0.155. The van der Waals surface area contributed by atoms with Crippen LogP contribution in [0.2, 0.25) is 0 Å². The van der Waals surface area contributed by atoms with Crippen molar-refractivity contribution in [2.24, 2.45) is 4.99 Å². The molecule has 2 aliphatic rings. The summed E-state index contributed by atoms with van der Waals surface area (Å²) in [6, 6.07) is 0. The number of rotatable bonds is 3. The molecule has 106 valence electrons. The quantitative estimate of drug-likeness (QED) is 0.779. The van der Waals surface area contributed by atoms with E-state index in [-0.39, 0.29) is 6.61 Å². The monoisotopic (exact) mass is 276 g/mol. The van der Waals surface area contributed by atoms with E-state index in [0.717, 1.165) is 16.8 Å². The fourth-order valence-corrected chi connectivity index (χ4v) is 2.37. The van der Waals surface area contributed by atoms with Gasteiger partial charge in [-0.3, -0.25) is 4.99 Å². The van der Waals surface area contributed by atoms with Crippen molar-refractivity contribution in [1.29, 1.82) is 0 Å². The number of hydrogen-bond acceptors (Lipinski definition) is 7. The number of anilines is 1. The van der Waals surface area contributed by atoms with Crippen LogP contribution in [0.3, 0.4) is 0 Å². The van der Waals surface area contributed by atoms with E-state index in [0.29, 0.717) is 18.1 Å². The standard InChI is InChI=1S/C13H16N4O3/c1-7-9(13(7)5-19-10(4-18)20-13)3-15-11-8(2)16-6-17-12(11)14/h3,6,10,18H,4-5H2,1-2H3,(H2,14,16,17)/t10-,13-/m1/s1. The molecule has 1 spiro atoms. The molecule has 0 bridgehead atoms. The van der Waals surface area contributed by atoms with Crippen molar-refractivity contribution in [3.8, 4) is 0 Å². The molecule has 1 aromatic heterocycles. The Labute approximate surface area is 116 Å². The summed E-state index contributed by atoms with van der Waals surface area (Å²) < 4.78 is 11.0. The summed E-state index contributed by atoms with van der Waals surface area (Å²) in [5.74, 6) is 0.346. The minimum atomic E-state index is -0.567. The molecular weight excluding hydrogens is 260 g/mol. The van der Waals surface area contributed by atoms with Gasteiger partial charge in [-0.05, 0) is 19.4 Å². The van der Waals surface area contributed by atoms with Crippen LogP contribution in [0.15, 0.2) is 22.5 Å². The zero-order valence-corrected chi connectivity index (χ0v) is 11.3. The van der Waals surface area contributed by atoms with E-state index in [2.05, 4.69) is 15.0 Å². The van der Waals surface area contributed by atoms with Crippen molar-refractivity contribution in [2.75, 3.05) is 18.9 Å². The third kappa shape index (κ3) is 1.91. The molecule has 0 saturated carbocycles. The number of aromatic nitrogens is 2. The van der Waals surface area contributed by atoms with Crippen LogP contribution in [0, 0.1) is 6.92 Å². The Kier molecular flexibility index (Phi) is 3.04. The number of aliphatic imine (C=N–C) groups is 1. The van der Waals surface area contributed by atoms with Crippen molar-refractivity contribution in [1.82, 2.24) is 9.97 Å². The molecule has 7 heteroatoms. The normalized spacial score (nSPS) is 28.9. The Morgan fingerprint density at radius 3 is 3.00 bits per heavy atom. The zero-order chi connectivity index (χ0) is 14.3. The van der Waals surface area contributed by atoms with Gasteiger partial charge in [0.15, 0.2) is 12.1 Å². The highest BCUT2D eigenvalue weighted by Crippen LogP contribution is 2.50. The molecule has 0 amide bonds. The van der Waals surface area contributed by atoms with Crippen molar-refractivity contribution in [3.63, 3.8) is 0 Å². The van der Waals surface area contributed by atoms with Gasteiger partial charge in [-0.1, -0.05) is 0 Å². The molecule has 0 aromatic carbocycles. The van der Waals surface area contributed by atoms with Crippen molar-refractivity contribution >= 4 is 17.7 Å². The molecule has 1 aliphatic carbocycles. The average Bonchev–Trinajstić information content (AvgIpc) is 2.80. The Morgan fingerprint density at radius 2 is 2.35 bits per heavy atom. The molecule has 1 aliphatic heterocycles. The second-order valence-electron chi connectivity index (χ2n) is 4.86. The number of nitrogens with zero attached hydrogens (tertiary/aromatic N) is 3. The van der Waals surface area contributed by atoms with E-state index in [1.54, 1.807) is 6.21 Å². The molecule has 7 nitrogen and oxygen atoms in total. The number of aliphatic hydroxyl groups excluding tert-OH is 1. The van der Waals surface area contributed by atoms with E-state index in [1.807, 2.05) is 13.8 Å². The molecule has 3 N–H and O–H groups in total. The molecule has 2 atom stereocenters. The molecule has 1 fully saturated rings. The summed E-state index contributed by atoms with van der Waals surface area (Å²) in [5, 5.41) is 9.04. The zero-order valence-electron chi connectivity index (χ0n) is 11.3. The number of aliphatic hydroxyl groups is 1. The largest absolute Gasteiger partial charge is 0.391 e. The van der Waals surface area contributed by atoms with Crippen LogP contribution in [0.1, 0.15) is 12.6 Å². The molecule has 1 saturated heterocycles. The predicted molar refractivity (Wildman–Crippen MR) is 72.7 cm³/mol. The van der Waals surface area contributed by atoms with Gasteiger partial charge in [-0.15, -0.1) is 0 Å². The highest BCUT2D eigenvalue weighted by molar-refractivity contribution is 5.94. The van der Waals surface area contributed by atoms with Crippen LogP contribution >= 0.6 is 0 Å². The van der Waals surface area contributed by atoms with Gasteiger partial charge in [0.2, 0.25) is 0 Å². The van der Waals surface area contributed by atoms with Crippen molar-refractivity contribution in [2.45, 2.75) is 25.7 Å². The molecular formula is C13H16N4O3. The fraction of sp³-hybridized carbons (Fsp3) is 0.462. The first-order chi connectivity index (χ1) is 9.58. The van der Waals surface area contributed by atoms with Gasteiger partial charge in [0.1, 0.15) is 17.6 Å². The lowest BCUT2D eigenvalue weighted by atomic mass is 10.2. The summed E-state index contributed by atoms with van der Waals surface area (Å²) in [6.07, 6.45) is 2.55. The van der Waals surface area contributed by atoms with Crippen LogP contribution in [-0.4, -0.2) is 46.4 Å². The summed E-state index contributed by atoms with van der Waals surface area (Å²) in [7, 11) is 0. The minimum Gasteiger partial charge on any atom is -0.391 e. The summed E-state index contributed by atoms with van der Waals surface area (Å²) in [4.78, 5) is 12.3. The molecule has 1 aromatic rings. The molecule has 0 radical (unpaired) electrons. The maximum absolute atomic E-state index is 9.04. The lowest BCUT2D eigenvalue weighted by molar-refractivity contribution is -0.0896. The van der Waals surface area contributed by atoms with Crippen LogP contribution in [0.25, 0.3) is 0 Å². The first kappa shape index (κ1) is 13.2. The van der Waals surface area contributed by atoms with Crippen LogP contribution < -0.4 is 5.73 Å². The van der Waals surface area contributed by atoms with Gasteiger partial charge in [0.25, 0.3) is 0 Å². The highest BCUT2D eigenvalue weighted by Gasteiger charge is 2.57. The SMILES string of the molecule is CC1=C(C=Nc2c(C)ncnc2N)[C@@]12CO[C@@H](CO)O2. The van der Waals surface area contributed by atoms with Gasteiger partial charge >= 0.3 is 0 Å². The maximum Gasteiger partial charge on any atom is 0.182 e. The van der Waals surface area contributed by atoms with E-state index in [9.17, 15) is 0 Å². The third-order valence-electron chi connectivity index (χ3n) is 3.69. The summed E-state index contributed by atoms with van der Waals surface area (Å²) in [6.45, 7) is 4.04. The Hall–Kier alpha value is -1.83. The fourth-order valence-electron chi connectivity index (χ4n) is 2.37. The Balaban J connectivity index is 1.78. The average molecular weight is 276 g/mol. The number of hydrogen-bond donors (Lipinski definition) is 2. The van der Waals surface area contributed by atoms with Gasteiger partial charge in [-0.2, -0.15) is 0 Å². The molecule has 3 rings (SSSR count). The number of aryl methyl sites for hydroxylation is 1. The smallest absolute Gasteiger partial charge is 0.182 e. The lowest BCUT2D eigenvalue weighted by Crippen LogP contribution is -2.21. The third-order valence-corrected chi connectivity index (χ3v) is 3.69. The van der Waals surface area contributed by atoms with E-state index in [1.165, 1.54) is 6.33 Å². The van der Waals surface area contributed by atoms with Crippen LogP contribution in [-0.2, 0) is 9.47 Å². The summed E-state index contributed by atoms with van der Waals surface area (Å²) in [5.41, 5.74) is 8.56. The number of ether oxygens (including phenoxy) is 2. The second kappa shape index (κ2) is 4.62. The van der Waals surface area contributed by atoms with Gasteiger partial charge in [-0.25, -0.2) is 9.97 Å². The van der Waals surface area contributed by atoms with Gasteiger partial charge in [0.05, 0.1) is 18.9 Å². The van der Waals surface area contributed by atoms with E-state index < -0.39 is 11.9 Å². The predicted octanol–water partition coefficient (Wildman–Crippen LogP) is 0.504. The molecule has 20 heavy (non-hydrogen) atoms. The number of nitrogens with two attached hydrogens (primary N) is 1. The highest BCUT2D eigenvalue weighted by atomic mass is 16.7. The molecule has 0 unspecified atom stereocenters. The van der Waals surface area contributed by atoms with E-state index in [4.69, 9.17) is 20.3 Å². The van der Waals surface area contributed by atoms with Gasteiger partial charge in [0, 0.05) is 11.8 Å². The lowest BCUT2D eigenvalue weighted by Gasteiger charge is -2.09. The van der Waals surface area contributed by atoms with Gasteiger partial charge < -0.3 is 20.3 Å². The van der Waals surface area contributed by atoms with Crippen molar-refractivity contribution < 1.29 is 14.6 Å². The van der Waals surface area contributed by atoms with Crippen LogP contribution in [0.4, 0.5) is 11.5 Å². The Morgan fingerprint density at radius 1 is 1.55 bits per heavy atom. The summed E-state index contributed by atoms with van der Waals surface area (Å²) >= 11 is 0. The second-order valence-corrected chi connectivity index (χ2v) is 4.86. The number of nitrogen functional groups attached to an aromatic ring is 1. The molecule has 2 heterocycles. The maximum atomic E-state index is 9.04. The Bertz CT molecular complexity index is 593. The topological polar surface area (TPSA) is 103 Å². The van der Waals surface area contributed by atoms with Crippen LogP contribution in [0.5, 0.6) is 0 Å². The first-order valence-electron chi connectivity index (χ1n) is 6.32.